The number of carbonyl (C=O) groups is 1. The van der Waals surface area contributed by atoms with Crippen molar-refractivity contribution < 1.29 is 14.6 Å². The van der Waals surface area contributed by atoms with E-state index in [4.69, 9.17) is 9.84 Å². The van der Waals surface area contributed by atoms with Crippen molar-refractivity contribution in [2.75, 3.05) is 12.4 Å². The van der Waals surface area contributed by atoms with Gasteiger partial charge in [0, 0.05) is 18.2 Å². The van der Waals surface area contributed by atoms with Gasteiger partial charge >= 0.3 is 0 Å². The highest BCUT2D eigenvalue weighted by Crippen LogP contribution is 2.22. The first-order chi connectivity index (χ1) is 6.67. The Kier molecular flexibility index (Phi) is 3.48. The first kappa shape index (κ1) is 10.5. The quantitative estimate of drug-likeness (QED) is 0.760. The second kappa shape index (κ2) is 4.62. The second-order valence-electron chi connectivity index (χ2n) is 2.87. The standard InChI is InChI=1S/C10H13NO3/c1-7(13)11-9-3-4-10(14-2)8(5-9)6-12/h3-5,12H,6H2,1-2H3,(H,11,13). The summed E-state index contributed by atoms with van der Waals surface area (Å²) < 4.78 is 5.02. The van der Waals surface area contributed by atoms with Crippen LogP contribution >= 0.6 is 0 Å². The summed E-state index contributed by atoms with van der Waals surface area (Å²) in [6, 6.07) is 5.11. The van der Waals surface area contributed by atoms with Gasteiger partial charge in [0.25, 0.3) is 0 Å². The van der Waals surface area contributed by atoms with Gasteiger partial charge < -0.3 is 15.2 Å². The van der Waals surface area contributed by atoms with E-state index in [0.29, 0.717) is 17.0 Å². The highest BCUT2D eigenvalue weighted by Gasteiger charge is 2.03. The number of methoxy groups -OCH3 is 1. The summed E-state index contributed by atoms with van der Waals surface area (Å²) in [4.78, 5) is 10.8. The zero-order valence-electron chi connectivity index (χ0n) is 8.20. The van der Waals surface area contributed by atoms with Crippen LogP contribution in [0.1, 0.15) is 12.5 Å². The predicted molar refractivity (Wildman–Crippen MR) is 53.2 cm³/mol. The van der Waals surface area contributed by atoms with Gasteiger partial charge in [-0.3, -0.25) is 4.79 Å². The zero-order chi connectivity index (χ0) is 10.6. The third kappa shape index (κ3) is 2.47. The smallest absolute Gasteiger partial charge is 0.221 e. The molecule has 1 aromatic carbocycles. The highest BCUT2D eigenvalue weighted by atomic mass is 16.5. The Morgan fingerprint density at radius 1 is 1.57 bits per heavy atom. The normalized spacial score (nSPS) is 9.64. The maximum atomic E-state index is 10.8. The molecular weight excluding hydrogens is 182 g/mol. The molecule has 0 aliphatic heterocycles. The van der Waals surface area contributed by atoms with E-state index < -0.39 is 0 Å². The van der Waals surface area contributed by atoms with Gasteiger partial charge in [-0.1, -0.05) is 0 Å². The number of carbonyl (C=O) groups excluding carboxylic acids is 1. The van der Waals surface area contributed by atoms with Gasteiger partial charge in [0.1, 0.15) is 5.75 Å². The second-order valence-corrected chi connectivity index (χ2v) is 2.87. The topological polar surface area (TPSA) is 58.6 Å². The van der Waals surface area contributed by atoms with Gasteiger partial charge in [-0.15, -0.1) is 0 Å². The summed E-state index contributed by atoms with van der Waals surface area (Å²) in [7, 11) is 1.53. The van der Waals surface area contributed by atoms with Crippen molar-refractivity contribution in [3.8, 4) is 5.75 Å². The molecule has 1 rings (SSSR count). The molecule has 0 atom stereocenters. The van der Waals surface area contributed by atoms with Gasteiger partial charge in [0.2, 0.25) is 5.91 Å². The monoisotopic (exact) mass is 195 g/mol. The van der Waals surface area contributed by atoms with E-state index in [1.807, 2.05) is 0 Å². The van der Waals surface area contributed by atoms with Crippen LogP contribution < -0.4 is 10.1 Å². The molecule has 0 saturated heterocycles. The molecule has 0 spiro atoms. The maximum absolute atomic E-state index is 10.8. The Labute approximate surface area is 82.5 Å². The van der Waals surface area contributed by atoms with Gasteiger partial charge in [0.05, 0.1) is 13.7 Å². The minimum atomic E-state index is -0.140. The van der Waals surface area contributed by atoms with E-state index in [0.717, 1.165) is 0 Å². The fourth-order valence-corrected chi connectivity index (χ4v) is 1.18. The molecule has 0 unspecified atom stereocenters. The van der Waals surface area contributed by atoms with Crippen molar-refractivity contribution in [3.63, 3.8) is 0 Å². The number of hydrogen-bond donors (Lipinski definition) is 2. The molecule has 0 fully saturated rings. The molecule has 0 saturated carbocycles. The van der Waals surface area contributed by atoms with Crippen LogP contribution in [0.25, 0.3) is 0 Å². The van der Waals surface area contributed by atoms with Crippen molar-refractivity contribution in [3.05, 3.63) is 23.8 Å². The lowest BCUT2D eigenvalue weighted by molar-refractivity contribution is -0.114. The molecule has 0 aliphatic carbocycles. The van der Waals surface area contributed by atoms with Crippen LogP contribution in [0.4, 0.5) is 5.69 Å². The highest BCUT2D eigenvalue weighted by molar-refractivity contribution is 5.88. The van der Waals surface area contributed by atoms with Crippen molar-refractivity contribution in [2.24, 2.45) is 0 Å². The SMILES string of the molecule is COc1ccc(NC(C)=O)cc1CO. The number of aliphatic hydroxyl groups is 1. The molecule has 0 heterocycles. The molecule has 1 aromatic rings. The maximum Gasteiger partial charge on any atom is 0.221 e. The van der Waals surface area contributed by atoms with Crippen LogP contribution in [-0.2, 0) is 11.4 Å². The summed E-state index contributed by atoms with van der Waals surface area (Å²) in [6.45, 7) is 1.32. The van der Waals surface area contributed by atoms with Crippen LogP contribution in [0.5, 0.6) is 5.75 Å². The largest absolute Gasteiger partial charge is 0.496 e. The van der Waals surface area contributed by atoms with E-state index in [1.54, 1.807) is 18.2 Å². The molecule has 1 amide bonds. The average molecular weight is 195 g/mol. The molecule has 0 bridgehead atoms. The molecule has 4 nitrogen and oxygen atoms in total. The Hall–Kier alpha value is -1.55. The number of aliphatic hydroxyl groups excluding tert-OH is 1. The van der Waals surface area contributed by atoms with E-state index in [9.17, 15) is 4.79 Å². The molecule has 2 N–H and O–H groups in total. The summed E-state index contributed by atoms with van der Waals surface area (Å²) in [5.74, 6) is 0.473. The van der Waals surface area contributed by atoms with Crippen molar-refractivity contribution >= 4 is 11.6 Å². The van der Waals surface area contributed by atoms with Crippen LogP contribution in [0.2, 0.25) is 0 Å². The number of benzene rings is 1. The minimum absolute atomic E-state index is 0.114. The Morgan fingerprint density at radius 2 is 2.29 bits per heavy atom. The van der Waals surface area contributed by atoms with E-state index in [2.05, 4.69) is 5.32 Å². The minimum Gasteiger partial charge on any atom is -0.496 e. The first-order valence-corrected chi connectivity index (χ1v) is 4.22. The van der Waals surface area contributed by atoms with Gasteiger partial charge in [0.15, 0.2) is 0 Å². The van der Waals surface area contributed by atoms with E-state index in [-0.39, 0.29) is 12.5 Å². The van der Waals surface area contributed by atoms with Crippen LogP contribution in [0.3, 0.4) is 0 Å². The Bertz CT molecular complexity index is 336. The number of rotatable bonds is 3. The zero-order valence-corrected chi connectivity index (χ0v) is 8.20. The summed E-state index contributed by atoms with van der Waals surface area (Å²) in [5.41, 5.74) is 1.31. The molecule has 0 radical (unpaired) electrons. The van der Waals surface area contributed by atoms with Gasteiger partial charge in [-0.05, 0) is 18.2 Å². The first-order valence-electron chi connectivity index (χ1n) is 4.22. The van der Waals surface area contributed by atoms with Crippen molar-refractivity contribution in [2.45, 2.75) is 13.5 Å². The van der Waals surface area contributed by atoms with Crippen molar-refractivity contribution in [1.29, 1.82) is 0 Å². The summed E-state index contributed by atoms with van der Waals surface area (Å²) >= 11 is 0. The lowest BCUT2D eigenvalue weighted by Crippen LogP contribution is -2.06. The van der Waals surface area contributed by atoms with Crippen LogP contribution in [-0.4, -0.2) is 18.1 Å². The Morgan fingerprint density at radius 3 is 2.79 bits per heavy atom. The summed E-state index contributed by atoms with van der Waals surface area (Å²) in [5, 5.41) is 11.6. The molecule has 0 aromatic heterocycles. The third-order valence-electron chi connectivity index (χ3n) is 1.77. The number of ether oxygens (including phenoxy) is 1. The predicted octanol–water partition coefficient (Wildman–Crippen LogP) is 1.15. The van der Waals surface area contributed by atoms with E-state index >= 15 is 0 Å². The third-order valence-corrected chi connectivity index (χ3v) is 1.77. The average Bonchev–Trinajstić information content (AvgIpc) is 2.16. The summed E-state index contributed by atoms with van der Waals surface area (Å²) in [6.07, 6.45) is 0. The number of amides is 1. The van der Waals surface area contributed by atoms with Gasteiger partial charge in [-0.2, -0.15) is 0 Å². The molecule has 4 heteroatoms. The molecule has 76 valence electrons. The van der Waals surface area contributed by atoms with Crippen molar-refractivity contribution in [1.82, 2.24) is 0 Å². The van der Waals surface area contributed by atoms with E-state index in [1.165, 1.54) is 14.0 Å². The molecule has 0 aliphatic rings. The number of nitrogens with one attached hydrogen (secondary N) is 1. The van der Waals surface area contributed by atoms with Crippen LogP contribution in [0, 0.1) is 0 Å². The molecule has 14 heavy (non-hydrogen) atoms. The fraction of sp³-hybridized carbons (Fsp3) is 0.300. The van der Waals surface area contributed by atoms with Crippen LogP contribution in [0.15, 0.2) is 18.2 Å². The lowest BCUT2D eigenvalue weighted by Gasteiger charge is -2.08. The Balaban J connectivity index is 2.95. The fourth-order valence-electron chi connectivity index (χ4n) is 1.18. The number of anilines is 1. The molecular formula is C10H13NO3. The number of hydrogen-bond acceptors (Lipinski definition) is 3. The lowest BCUT2D eigenvalue weighted by atomic mass is 10.2. The van der Waals surface area contributed by atoms with Gasteiger partial charge in [-0.25, -0.2) is 0 Å².